The van der Waals surface area contributed by atoms with Crippen LogP contribution in [0.25, 0.3) is 11.0 Å². The molecule has 0 aliphatic carbocycles. The van der Waals surface area contributed by atoms with Crippen LogP contribution in [0.3, 0.4) is 0 Å². The van der Waals surface area contributed by atoms with Gasteiger partial charge in [-0.15, -0.1) is 5.10 Å². The first-order chi connectivity index (χ1) is 14.7. The molecule has 2 aromatic rings. The highest BCUT2D eigenvalue weighted by molar-refractivity contribution is 5.83. The Hall–Kier alpha value is -2.52. The van der Waals surface area contributed by atoms with Crippen LogP contribution in [0.4, 0.5) is 0 Å². The van der Waals surface area contributed by atoms with Gasteiger partial charge in [-0.05, 0) is 25.0 Å². The summed E-state index contributed by atoms with van der Waals surface area (Å²) < 4.78 is 7.17. The number of hydrogen-bond acceptors (Lipinski definition) is 6. The van der Waals surface area contributed by atoms with Crippen molar-refractivity contribution in [2.75, 3.05) is 52.5 Å². The van der Waals surface area contributed by atoms with Crippen molar-refractivity contribution in [1.29, 1.82) is 0 Å². The summed E-state index contributed by atoms with van der Waals surface area (Å²) in [5.41, 5.74) is 1.81. The number of carbonyl (C=O) groups is 2. The van der Waals surface area contributed by atoms with Crippen LogP contribution >= 0.6 is 0 Å². The van der Waals surface area contributed by atoms with E-state index in [-0.39, 0.29) is 17.7 Å². The Balaban J connectivity index is 1.21. The predicted molar refractivity (Wildman–Crippen MR) is 112 cm³/mol. The SMILES string of the molecule is O=C(NCCn1nnc2ccccc21)C1CCC(=O)N(CCCN2CCOCC2)C1. The van der Waals surface area contributed by atoms with Crippen LogP contribution in [0.15, 0.2) is 24.3 Å². The summed E-state index contributed by atoms with van der Waals surface area (Å²) in [6, 6.07) is 7.77. The molecular weight excluding hydrogens is 384 g/mol. The normalized spacial score (nSPS) is 20.6. The Morgan fingerprint density at radius 3 is 2.87 bits per heavy atom. The molecule has 0 bridgehead atoms. The number of carbonyl (C=O) groups excluding carboxylic acids is 2. The fourth-order valence-electron chi connectivity index (χ4n) is 4.17. The van der Waals surface area contributed by atoms with Crippen molar-refractivity contribution in [3.63, 3.8) is 0 Å². The van der Waals surface area contributed by atoms with Gasteiger partial charge in [0, 0.05) is 45.7 Å². The van der Waals surface area contributed by atoms with E-state index in [0.29, 0.717) is 39.0 Å². The summed E-state index contributed by atoms with van der Waals surface area (Å²) in [5, 5.41) is 11.3. The summed E-state index contributed by atoms with van der Waals surface area (Å²) in [4.78, 5) is 29.2. The van der Waals surface area contributed by atoms with Gasteiger partial charge < -0.3 is 15.0 Å². The Bertz CT molecular complexity index is 863. The molecule has 4 rings (SSSR count). The molecule has 1 aromatic heterocycles. The van der Waals surface area contributed by atoms with Gasteiger partial charge in [0.25, 0.3) is 0 Å². The minimum absolute atomic E-state index is 0.0186. The van der Waals surface area contributed by atoms with Crippen LogP contribution in [0, 0.1) is 5.92 Å². The maximum Gasteiger partial charge on any atom is 0.224 e. The highest BCUT2D eigenvalue weighted by Gasteiger charge is 2.29. The topological polar surface area (TPSA) is 92.6 Å². The second-order valence-corrected chi connectivity index (χ2v) is 7.98. The Morgan fingerprint density at radius 2 is 2.00 bits per heavy atom. The predicted octanol–water partition coefficient (Wildman–Crippen LogP) is 0.508. The van der Waals surface area contributed by atoms with E-state index in [4.69, 9.17) is 4.74 Å². The van der Waals surface area contributed by atoms with Gasteiger partial charge in [-0.2, -0.15) is 0 Å². The molecule has 1 unspecified atom stereocenters. The number of aromatic nitrogens is 3. The van der Waals surface area contributed by atoms with Gasteiger partial charge in [0.15, 0.2) is 0 Å². The van der Waals surface area contributed by atoms with E-state index in [1.165, 1.54) is 0 Å². The Labute approximate surface area is 176 Å². The van der Waals surface area contributed by atoms with Gasteiger partial charge in [0.05, 0.1) is 31.2 Å². The average Bonchev–Trinajstić information content (AvgIpc) is 3.19. The smallest absolute Gasteiger partial charge is 0.224 e. The summed E-state index contributed by atoms with van der Waals surface area (Å²) in [5.74, 6) is 0.0405. The number of nitrogens with zero attached hydrogens (tertiary/aromatic N) is 5. The van der Waals surface area contributed by atoms with Crippen molar-refractivity contribution < 1.29 is 14.3 Å². The van der Waals surface area contributed by atoms with Gasteiger partial charge >= 0.3 is 0 Å². The average molecular weight is 415 g/mol. The zero-order valence-electron chi connectivity index (χ0n) is 17.3. The quantitative estimate of drug-likeness (QED) is 0.677. The van der Waals surface area contributed by atoms with E-state index in [0.717, 1.165) is 50.3 Å². The van der Waals surface area contributed by atoms with Crippen molar-refractivity contribution in [2.24, 2.45) is 5.92 Å². The largest absolute Gasteiger partial charge is 0.379 e. The van der Waals surface area contributed by atoms with E-state index in [1.54, 1.807) is 4.68 Å². The molecule has 0 radical (unpaired) electrons. The molecule has 9 nitrogen and oxygen atoms in total. The maximum absolute atomic E-state index is 12.6. The Kier molecular flexibility index (Phi) is 6.91. The number of hydrogen-bond donors (Lipinski definition) is 1. The van der Waals surface area contributed by atoms with Crippen LogP contribution in [0.5, 0.6) is 0 Å². The van der Waals surface area contributed by atoms with E-state index >= 15 is 0 Å². The van der Waals surface area contributed by atoms with Gasteiger partial charge in [0.1, 0.15) is 5.52 Å². The van der Waals surface area contributed by atoms with Gasteiger partial charge in [-0.1, -0.05) is 17.3 Å². The molecule has 1 atom stereocenters. The molecule has 2 amide bonds. The van der Waals surface area contributed by atoms with Crippen LogP contribution < -0.4 is 5.32 Å². The lowest BCUT2D eigenvalue weighted by atomic mass is 9.96. The molecule has 162 valence electrons. The number of likely N-dealkylation sites (tertiary alicyclic amines) is 1. The number of benzene rings is 1. The first-order valence-electron chi connectivity index (χ1n) is 10.8. The lowest BCUT2D eigenvalue weighted by Gasteiger charge is -2.33. The molecule has 2 aliphatic heterocycles. The Morgan fingerprint density at radius 1 is 1.17 bits per heavy atom. The third kappa shape index (κ3) is 5.14. The van der Waals surface area contributed by atoms with E-state index in [9.17, 15) is 9.59 Å². The molecule has 9 heteroatoms. The summed E-state index contributed by atoms with van der Waals surface area (Å²) in [7, 11) is 0. The molecule has 3 heterocycles. The highest BCUT2D eigenvalue weighted by atomic mass is 16.5. The van der Waals surface area contributed by atoms with Crippen LogP contribution in [0.1, 0.15) is 19.3 Å². The van der Waals surface area contributed by atoms with Gasteiger partial charge in [0.2, 0.25) is 11.8 Å². The molecule has 1 aromatic carbocycles. The van der Waals surface area contributed by atoms with Crippen molar-refractivity contribution in [3.05, 3.63) is 24.3 Å². The van der Waals surface area contributed by atoms with Gasteiger partial charge in [-0.3, -0.25) is 14.5 Å². The molecule has 1 N–H and O–H groups in total. The number of ether oxygens (including phenoxy) is 1. The molecule has 0 saturated carbocycles. The van der Waals surface area contributed by atoms with E-state index in [1.807, 2.05) is 29.2 Å². The summed E-state index contributed by atoms with van der Waals surface area (Å²) in [6.45, 7) is 6.75. The van der Waals surface area contributed by atoms with Crippen molar-refractivity contribution >= 4 is 22.8 Å². The van der Waals surface area contributed by atoms with Crippen molar-refractivity contribution in [1.82, 2.24) is 30.1 Å². The number of amides is 2. The molecule has 2 fully saturated rings. The van der Waals surface area contributed by atoms with Gasteiger partial charge in [-0.25, -0.2) is 4.68 Å². The van der Waals surface area contributed by atoms with Crippen LogP contribution in [0.2, 0.25) is 0 Å². The third-order valence-electron chi connectivity index (χ3n) is 5.92. The lowest BCUT2D eigenvalue weighted by molar-refractivity contribution is -0.138. The molecule has 2 saturated heterocycles. The zero-order valence-corrected chi connectivity index (χ0v) is 17.3. The minimum Gasteiger partial charge on any atom is -0.379 e. The first-order valence-corrected chi connectivity index (χ1v) is 10.8. The lowest BCUT2D eigenvalue weighted by Crippen LogP contribution is -2.47. The number of nitrogens with one attached hydrogen (secondary N) is 1. The number of para-hydroxylation sites is 1. The highest BCUT2D eigenvalue weighted by Crippen LogP contribution is 2.18. The number of piperidine rings is 1. The summed E-state index contributed by atoms with van der Waals surface area (Å²) >= 11 is 0. The third-order valence-corrected chi connectivity index (χ3v) is 5.92. The molecule has 2 aliphatic rings. The second kappa shape index (κ2) is 9.99. The van der Waals surface area contributed by atoms with Crippen LogP contribution in [-0.4, -0.2) is 89.1 Å². The number of fused-ring (bicyclic) bond motifs is 1. The maximum atomic E-state index is 12.6. The van der Waals surface area contributed by atoms with E-state index in [2.05, 4.69) is 20.5 Å². The fourth-order valence-corrected chi connectivity index (χ4v) is 4.17. The number of morpholine rings is 1. The van der Waals surface area contributed by atoms with Crippen molar-refractivity contribution in [2.45, 2.75) is 25.8 Å². The first kappa shape index (κ1) is 20.7. The monoisotopic (exact) mass is 414 g/mol. The summed E-state index contributed by atoms with van der Waals surface area (Å²) in [6.07, 6.45) is 2.00. The second-order valence-electron chi connectivity index (χ2n) is 7.98. The van der Waals surface area contributed by atoms with E-state index < -0.39 is 0 Å². The zero-order chi connectivity index (χ0) is 20.8. The molecule has 30 heavy (non-hydrogen) atoms. The standard InChI is InChI=1S/C21H30N6O3/c28-20-7-6-17(16-26(20)10-3-9-25-12-14-30-15-13-25)21(29)22-8-11-27-19-5-2-1-4-18(19)23-24-27/h1-2,4-5,17H,3,6-16H2,(H,22,29). The molecular formula is C21H30N6O3. The molecule has 0 spiro atoms. The van der Waals surface area contributed by atoms with Crippen molar-refractivity contribution in [3.8, 4) is 0 Å². The fraction of sp³-hybridized carbons (Fsp3) is 0.619. The number of rotatable bonds is 8. The minimum atomic E-state index is -0.140. The van der Waals surface area contributed by atoms with Crippen LogP contribution in [-0.2, 0) is 20.9 Å².